The number of fused-ring (bicyclic) bond motifs is 1. The molecule has 2 aromatic heterocycles. The lowest BCUT2D eigenvalue weighted by atomic mass is 10.0. The number of benzene rings is 2. The Labute approximate surface area is 165 Å². The van der Waals surface area contributed by atoms with Crippen LogP contribution >= 0.6 is 0 Å². The van der Waals surface area contributed by atoms with Crippen LogP contribution in [-0.2, 0) is 13.0 Å². The molecular formula is C23H24N4O. The first-order chi connectivity index (χ1) is 13.7. The second-order valence-electron chi connectivity index (χ2n) is 7.12. The quantitative estimate of drug-likeness (QED) is 0.525. The van der Waals surface area contributed by atoms with Crippen LogP contribution in [0.1, 0.15) is 11.3 Å². The van der Waals surface area contributed by atoms with Gasteiger partial charge in [0.1, 0.15) is 5.75 Å². The maximum atomic E-state index is 6.12. The van der Waals surface area contributed by atoms with Gasteiger partial charge in [0, 0.05) is 36.3 Å². The standard InChI is InChI=1S/C23H24N4O/c1-27(2)16-22-20-14-18(9-10-21(20)25-26-22)19-7-3-4-8-23(19)28-13-11-17-6-5-12-24-15-17/h3-10,12,14-15H,11,13,16H2,1-2H3,(H,25,26). The Morgan fingerprint density at radius 1 is 1.04 bits per heavy atom. The van der Waals surface area contributed by atoms with Gasteiger partial charge in [-0.15, -0.1) is 0 Å². The van der Waals surface area contributed by atoms with Crippen molar-refractivity contribution in [3.63, 3.8) is 0 Å². The van der Waals surface area contributed by atoms with Crippen LogP contribution in [0, 0.1) is 0 Å². The Balaban J connectivity index is 1.58. The largest absolute Gasteiger partial charge is 0.493 e. The van der Waals surface area contributed by atoms with Crippen molar-refractivity contribution < 1.29 is 4.74 Å². The average molecular weight is 372 g/mol. The molecule has 28 heavy (non-hydrogen) atoms. The van der Waals surface area contributed by atoms with E-state index in [0.29, 0.717) is 6.61 Å². The molecule has 4 aromatic rings. The summed E-state index contributed by atoms with van der Waals surface area (Å²) in [7, 11) is 4.10. The van der Waals surface area contributed by atoms with Gasteiger partial charge in [0.2, 0.25) is 0 Å². The van der Waals surface area contributed by atoms with Crippen molar-refractivity contribution in [3.05, 3.63) is 78.2 Å². The van der Waals surface area contributed by atoms with Crippen LogP contribution in [-0.4, -0.2) is 40.8 Å². The molecule has 142 valence electrons. The summed E-state index contributed by atoms with van der Waals surface area (Å²) >= 11 is 0. The molecule has 0 unspecified atom stereocenters. The summed E-state index contributed by atoms with van der Waals surface area (Å²) in [6.45, 7) is 1.41. The fourth-order valence-electron chi connectivity index (χ4n) is 3.31. The molecule has 0 fully saturated rings. The number of H-pyrrole nitrogens is 1. The normalized spacial score (nSPS) is 11.2. The molecule has 2 heterocycles. The Hall–Kier alpha value is -3.18. The van der Waals surface area contributed by atoms with Gasteiger partial charge >= 0.3 is 0 Å². The molecule has 2 aromatic carbocycles. The number of para-hydroxylation sites is 1. The van der Waals surface area contributed by atoms with Gasteiger partial charge in [0.15, 0.2) is 0 Å². The number of ether oxygens (including phenoxy) is 1. The zero-order valence-electron chi connectivity index (χ0n) is 16.2. The summed E-state index contributed by atoms with van der Waals surface area (Å²) in [6, 6.07) is 18.6. The van der Waals surface area contributed by atoms with E-state index in [1.54, 1.807) is 6.20 Å². The Kier molecular flexibility index (Phi) is 5.35. The average Bonchev–Trinajstić information content (AvgIpc) is 3.11. The summed E-state index contributed by atoms with van der Waals surface area (Å²) in [6.07, 6.45) is 4.50. The summed E-state index contributed by atoms with van der Waals surface area (Å²) < 4.78 is 6.12. The molecule has 0 bridgehead atoms. The van der Waals surface area contributed by atoms with Crippen molar-refractivity contribution in [2.24, 2.45) is 0 Å². The number of rotatable bonds is 7. The van der Waals surface area contributed by atoms with Gasteiger partial charge in [0.25, 0.3) is 0 Å². The van der Waals surface area contributed by atoms with Gasteiger partial charge in [-0.1, -0.05) is 30.3 Å². The first-order valence-corrected chi connectivity index (χ1v) is 9.43. The lowest BCUT2D eigenvalue weighted by Gasteiger charge is -2.12. The van der Waals surface area contributed by atoms with Crippen molar-refractivity contribution in [2.75, 3.05) is 20.7 Å². The van der Waals surface area contributed by atoms with Crippen LogP contribution in [0.2, 0.25) is 0 Å². The minimum Gasteiger partial charge on any atom is -0.493 e. The lowest BCUT2D eigenvalue weighted by molar-refractivity contribution is 0.323. The summed E-state index contributed by atoms with van der Waals surface area (Å²) in [5, 5.41) is 8.75. The molecular weight excluding hydrogens is 348 g/mol. The van der Waals surface area contributed by atoms with Crippen molar-refractivity contribution >= 4 is 10.9 Å². The van der Waals surface area contributed by atoms with Crippen LogP contribution in [0.15, 0.2) is 67.0 Å². The number of pyridine rings is 1. The third-order valence-corrected chi connectivity index (χ3v) is 4.68. The predicted octanol–water partition coefficient (Wildman–Crippen LogP) is 4.31. The summed E-state index contributed by atoms with van der Waals surface area (Å²) in [5.41, 5.74) is 5.50. The number of nitrogens with one attached hydrogen (secondary N) is 1. The molecule has 0 amide bonds. The molecule has 4 rings (SSSR count). The van der Waals surface area contributed by atoms with E-state index in [9.17, 15) is 0 Å². The first-order valence-electron chi connectivity index (χ1n) is 9.43. The fraction of sp³-hybridized carbons (Fsp3) is 0.217. The molecule has 5 nitrogen and oxygen atoms in total. The number of hydrogen-bond donors (Lipinski definition) is 1. The van der Waals surface area contributed by atoms with Gasteiger partial charge in [0.05, 0.1) is 17.8 Å². The maximum Gasteiger partial charge on any atom is 0.127 e. The van der Waals surface area contributed by atoms with Crippen LogP contribution in [0.4, 0.5) is 0 Å². The fourth-order valence-corrected chi connectivity index (χ4v) is 3.31. The Morgan fingerprint density at radius 2 is 1.93 bits per heavy atom. The van der Waals surface area contributed by atoms with Crippen molar-refractivity contribution in [1.82, 2.24) is 20.1 Å². The maximum absolute atomic E-state index is 6.12. The first kappa shape index (κ1) is 18.2. The smallest absolute Gasteiger partial charge is 0.127 e. The molecule has 0 atom stereocenters. The number of aromatic nitrogens is 3. The third kappa shape index (κ3) is 4.05. The Morgan fingerprint density at radius 3 is 2.75 bits per heavy atom. The van der Waals surface area contributed by atoms with Gasteiger partial charge in [-0.3, -0.25) is 10.1 Å². The monoisotopic (exact) mass is 372 g/mol. The molecule has 0 aliphatic rings. The van der Waals surface area contributed by atoms with Crippen LogP contribution in [0.3, 0.4) is 0 Å². The molecule has 0 spiro atoms. The second kappa shape index (κ2) is 8.23. The highest BCUT2D eigenvalue weighted by molar-refractivity contribution is 5.87. The molecule has 0 radical (unpaired) electrons. The molecule has 0 aliphatic carbocycles. The molecule has 5 heteroatoms. The molecule has 0 saturated heterocycles. The SMILES string of the molecule is CN(C)Cc1n[nH]c2ccc(-c3ccccc3OCCc3cccnc3)cc12. The summed E-state index contributed by atoms with van der Waals surface area (Å²) in [4.78, 5) is 6.28. The highest BCUT2D eigenvalue weighted by atomic mass is 16.5. The minimum absolute atomic E-state index is 0.614. The van der Waals surface area contributed by atoms with Crippen molar-refractivity contribution in [2.45, 2.75) is 13.0 Å². The molecule has 0 saturated carbocycles. The van der Waals surface area contributed by atoms with Gasteiger partial charge in [-0.2, -0.15) is 5.10 Å². The van der Waals surface area contributed by atoms with Gasteiger partial charge in [-0.05, 0) is 49.5 Å². The highest BCUT2D eigenvalue weighted by Gasteiger charge is 2.11. The third-order valence-electron chi connectivity index (χ3n) is 4.68. The predicted molar refractivity (Wildman–Crippen MR) is 112 cm³/mol. The van der Waals surface area contributed by atoms with E-state index in [1.165, 1.54) is 5.56 Å². The summed E-state index contributed by atoms with van der Waals surface area (Å²) in [5.74, 6) is 0.892. The lowest BCUT2D eigenvalue weighted by Crippen LogP contribution is -2.11. The van der Waals surface area contributed by atoms with E-state index in [1.807, 2.05) is 30.5 Å². The van der Waals surface area contributed by atoms with Crippen molar-refractivity contribution in [1.29, 1.82) is 0 Å². The number of hydrogen-bond acceptors (Lipinski definition) is 4. The van der Waals surface area contributed by atoms with Gasteiger partial charge < -0.3 is 9.64 Å². The van der Waals surface area contributed by atoms with Crippen molar-refractivity contribution in [3.8, 4) is 16.9 Å². The Bertz CT molecular complexity index is 1060. The molecule has 0 aliphatic heterocycles. The van der Waals surface area contributed by atoms with E-state index in [-0.39, 0.29) is 0 Å². The topological polar surface area (TPSA) is 54.0 Å². The van der Waals surface area contributed by atoms with E-state index in [2.05, 4.69) is 64.5 Å². The van der Waals surface area contributed by atoms with E-state index >= 15 is 0 Å². The van der Waals surface area contributed by atoms with Crippen LogP contribution in [0.25, 0.3) is 22.0 Å². The van der Waals surface area contributed by atoms with Crippen LogP contribution < -0.4 is 4.74 Å². The van der Waals surface area contributed by atoms with Crippen LogP contribution in [0.5, 0.6) is 5.75 Å². The zero-order chi connectivity index (χ0) is 19.3. The highest BCUT2D eigenvalue weighted by Crippen LogP contribution is 2.32. The van der Waals surface area contributed by atoms with Gasteiger partial charge in [-0.25, -0.2) is 0 Å². The number of nitrogens with zero attached hydrogens (tertiary/aromatic N) is 3. The minimum atomic E-state index is 0.614. The van der Waals surface area contributed by atoms with E-state index < -0.39 is 0 Å². The molecule has 1 N–H and O–H groups in total. The zero-order valence-corrected chi connectivity index (χ0v) is 16.2. The van der Waals surface area contributed by atoms with E-state index in [0.717, 1.165) is 46.4 Å². The number of aromatic amines is 1. The van der Waals surface area contributed by atoms with E-state index in [4.69, 9.17) is 4.74 Å². The second-order valence-corrected chi connectivity index (χ2v) is 7.12.